The molecule has 0 radical (unpaired) electrons. The topological polar surface area (TPSA) is 9.23 Å². The van der Waals surface area contributed by atoms with Gasteiger partial charge in [0.05, 0.1) is 3.39 Å². The van der Waals surface area contributed by atoms with Crippen molar-refractivity contribution in [3.63, 3.8) is 0 Å². The Morgan fingerprint density at radius 3 is 2.38 bits per heavy atom. The molecule has 1 rings (SSSR count). The van der Waals surface area contributed by atoms with Crippen molar-refractivity contribution in [1.82, 2.24) is 0 Å². The molecule has 16 heavy (non-hydrogen) atoms. The highest BCUT2D eigenvalue weighted by Crippen LogP contribution is 2.44. The Bertz CT molecular complexity index is 277. The molecule has 1 fully saturated rings. The molecule has 0 heterocycles. The fourth-order valence-corrected chi connectivity index (χ4v) is 3.10. The Morgan fingerprint density at radius 2 is 1.94 bits per heavy atom. The minimum atomic E-state index is -1.54. The lowest BCUT2D eigenvalue weighted by molar-refractivity contribution is 0.268. The highest BCUT2D eigenvalue weighted by Gasteiger charge is 2.41. The molecule has 0 amide bonds. The predicted octanol–water partition coefficient (Wildman–Crippen LogP) is 5.28. The monoisotopic (exact) mass is 368 g/mol. The first-order chi connectivity index (χ1) is 7.13. The average molecular weight is 370 g/mol. The summed E-state index contributed by atoms with van der Waals surface area (Å²) in [6.45, 7) is 12.4. The molecule has 0 N–H and O–H groups in total. The van der Waals surface area contributed by atoms with Crippen LogP contribution < -0.4 is 0 Å². The zero-order valence-corrected chi connectivity index (χ0v) is 15.0. The standard InChI is InChI=1S/C12H22Br2OSi/c1-12(2,3)16(4,5)15-8-10-6-9(10)7-11(13)14/h7,9-10H,6,8H2,1-5H3/t9-,10-/m1/s1. The number of hydrogen-bond donors (Lipinski definition) is 0. The largest absolute Gasteiger partial charge is 0.417 e. The molecule has 0 aliphatic heterocycles. The van der Waals surface area contributed by atoms with Crippen LogP contribution in [0.15, 0.2) is 9.47 Å². The SMILES string of the molecule is CC(C)(C)[Si](C)(C)OC[C@H]1C[C@@H]1C=C(Br)Br. The Balaban J connectivity index is 2.35. The minimum Gasteiger partial charge on any atom is -0.417 e. The Kier molecular flexibility index (Phi) is 4.90. The zero-order valence-electron chi connectivity index (χ0n) is 10.8. The number of hydrogen-bond acceptors (Lipinski definition) is 1. The van der Waals surface area contributed by atoms with Crippen molar-refractivity contribution in [3.8, 4) is 0 Å². The minimum absolute atomic E-state index is 0.323. The average Bonchev–Trinajstić information content (AvgIpc) is 2.77. The summed E-state index contributed by atoms with van der Waals surface area (Å²) in [5, 5.41) is 0.323. The second kappa shape index (κ2) is 5.25. The maximum absolute atomic E-state index is 6.21. The molecule has 4 heteroatoms. The van der Waals surface area contributed by atoms with Gasteiger partial charge >= 0.3 is 0 Å². The predicted molar refractivity (Wildman–Crippen MR) is 80.7 cm³/mol. The summed E-state index contributed by atoms with van der Waals surface area (Å²) >= 11 is 6.82. The molecule has 1 aliphatic rings. The molecule has 0 aromatic rings. The van der Waals surface area contributed by atoms with Gasteiger partial charge in [-0.1, -0.05) is 26.8 Å². The van der Waals surface area contributed by atoms with Gasteiger partial charge in [0.25, 0.3) is 0 Å². The Morgan fingerprint density at radius 1 is 1.38 bits per heavy atom. The smallest absolute Gasteiger partial charge is 0.191 e. The summed E-state index contributed by atoms with van der Waals surface area (Å²) in [5.74, 6) is 1.44. The van der Waals surface area contributed by atoms with E-state index in [4.69, 9.17) is 4.43 Å². The van der Waals surface area contributed by atoms with Crippen LogP contribution in [0.3, 0.4) is 0 Å². The van der Waals surface area contributed by atoms with E-state index in [1.165, 1.54) is 6.42 Å². The van der Waals surface area contributed by atoms with Gasteiger partial charge in [-0.15, -0.1) is 0 Å². The van der Waals surface area contributed by atoms with E-state index in [-0.39, 0.29) is 0 Å². The van der Waals surface area contributed by atoms with E-state index >= 15 is 0 Å². The lowest BCUT2D eigenvalue weighted by Gasteiger charge is -2.36. The third kappa shape index (κ3) is 4.28. The molecule has 2 atom stereocenters. The van der Waals surface area contributed by atoms with Crippen molar-refractivity contribution in [3.05, 3.63) is 9.47 Å². The lowest BCUT2D eigenvalue weighted by atomic mass is 10.2. The van der Waals surface area contributed by atoms with Crippen molar-refractivity contribution in [2.75, 3.05) is 6.61 Å². The van der Waals surface area contributed by atoms with Crippen LogP contribution in [0.25, 0.3) is 0 Å². The second-order valence-electron chi connectivity index (χ2n) is 6.19. The molecule has 0 spiro atoms. The van der Waals surface area contributed by atoms with Crippen LogP contribution in [0.5, 0.6) is 0 Å². The second-order valence-corrected chi connectivity index (χ2v) is 13.8. The third-order valence-corrected chi connectivity index (χ3v) is 8.81. The molecule has 0 aromatic heterocycles. The van der Waals surface area contributed by atoms with Crippen LogP contribution in [-0.2, 0) is 4.43 Å². The summed E-state index contributed by atoms with van der Waals surface area (Å²) < 4.78 is 7.28. The van der Waals surface area contributed by atoms with Crippen LogP contribution in [-0.4, -0.2) is 14.9 Å². The number of halogens is 2. The first-order valence-electron chi connectivity index (χ1n) is 5.80. The van der Waals surface area contributed by atoms with Crippen molar-refractivity contribution in [2.45, 2.75) is 45.3 Å². The molecule has 0 aromatic carbocycles. The molecular formula is C12H22Br2OSi. The van der Waals surface area contributed by atoms with E-state index in [0.29, 0.717) is 11.0 Å². The highest BCUT2D eigenvalue weighted by molar-refractivity contribution is 9.28. The normalized spacial score (nSPS) is 25.4. The maximum atomic E-state index is 6.21. The molecule has 0 unspecified atom stereocenters. The molecule has 1 aliphatic carbocycles. The molecule has 0 bridgehead atoms. The van der Waals surface area contributed by atoms with Gasteiger partial charge < -0.3 is 4.43 Å². The first kappa shape index (κ1) is 14.9. The van der Waals surface area contributed by atoms with Crippen LogP contribution in [0.4, 0.5) is 0 Å². The first-order valence-corrected chi connectivity index (χ1v) is 10.3. The molecular weight excluding hydrogens is 348 g/mol. The lowest BCUT2D eigenvalue weighted by Crippen LogP contribution is -2.41. The van der Waals surface area contributed by atoms with Gasteiger partial charge in [-0.3, -0.25) is 0 Å². The van der Waals surface area contributed by atoms with Crippen LogP contribution >= 0.6 is 31.9 Å². The van der Waals surface area contributed by atoms with Crippen molar-refractivity contribution >= 4 is 40.2 Å². The summed E-state index contributed by atoms with van der Waals surface area (Å²) in [4.78, 5) is 0. The van der Waals surface area contributed by atoms with E-state index in [9.17, 15) is 0 Å². The summed E-state index contributed by atoms with van der Waals surface area (Å²) in [6, 6.07) is 0. The summed E-state index contributed by atoms with van der Waals surface area (Å²) in [6.07, 6.45) is 3.51. The van der Waals surface area contributed by atoms with E-state index in [1.807, 2.05) is 0 Å². The van der Waals surface area contributed by atoms with Crippen LogP contribution in [0, 0.1) is 11.8 Å². The van der Waals surface area contributed by atoms with Gasteiger partial charge in [0, 0.05) is 6.61 Å². The van der Waals surface area contributed by atoms with Crippen molar-refractivity contribution in [1.29, 1.82) is 0 Å². The van der Waals surface area contributed by atoms with Gasteiger partial charge in [-0.2, -0.15) is 0 Å². The summed E-state index contributed by atoms with van der Waals surface area (Å²) in [5.41, 5.74) is 0. The summed E-state index contributed by atoms with van der Waals surface area (Å²) in [7, 11) is -1.54. The van der Waals surface area contributed by atoms with E-state index in [1.54, 1.807) is 0 Å². The molecule has 1 nitrogen and oxygen atoms in total. The molecule has 0 saturated heterocycles. The van der Waals surface area contributed by atoms with E-state index < -0.39 is 8.32 Å². The van der Waals surface area contributed by atoms with Crippen LogP contribution in [0.1, 0.15) is 27.2 Å². The number of allylic oxidation sites excluding steroid dienone is 1. The highest BCUT2D eigenvalue weighted by atomic mass is 79.9. The van der Waals surface area contributed by atoms with E-state index in [0.717, 1.165) is 15.9 Å². The quantitative estimate of drug-likeness (QED) is 0.613. The fraction of sp³-hybridized carbons (Fsp3) is 0.833. The zero-order chi connectivity index (χ0) is 12.6. The molecule has 1 saturated carbocycles. The molecule has 94 valence electrons. The van der Waals surface area contributed by atoms with Gasteiger partial charge in [0.2, 0.25) is 0 Å². The Hall–Kier alpha value is 0.877. The van der Waals surface area contributed by atoms with Gasteiger partial charge in [-0.25, -0.2) is 0 Å². The van der Waals surface area contributed by atoms with Crippen LogP contribution in [0.2, 0.25) is 18.1 Å². The third-order valence-electron chi connectivity index (χ3n) is 3.78. The van der Waals surface area contributed by atoms with Gasteiger partial charge in [0.15, 0.2) is 8.32 Å². The maximum Gasteiger partial charge on any atom is 0.191 e. The number of rotatable bonds is 4. The Labute approximate surface area is 117 Å². The van der Waals surface area contributed by atoms with Crippen molar-refractivity contribution in [2.24, 2.45) is 11.8 Å². The fourth-order valence-electron chi connectivity index (χ4n) is 1.36. The van der Waals surface area contributed by atoms with Gasteiger partial charge in [-0.05, 0) is 68.2 Å². The van der Waals surface area contributed by atoms with E-state index in [2.05, 4.69) is 71.8 Å². The van der Waals surface area contributed by atoms with Crippen molar-refractivity contribution < 1.29 is 4.43 Å². The van der Waals surface area contributed by atoms with Gasteiger partial charge in [0.1, 0.15) is 0 Å².